The first kappa shape index (κ1) is 14.5. The lowest BCUT2D eigenvalue weighted by atomic mass is 10.1. The fourth-order valence-electron chi connectivity index (χ4n) is 2.06. The number of carbonyl (C=O) groups is 1. The second-order valence-corrected chi connectivity index (χ2v) is 4.81. The minimum absolute atomic E-state index is 0.161. The molecule has 1 aliphatic heterocycles. The maximum atomic E-state index is 12.1. The van der Waals surface area contributed by atoms with E-state index >= 15 is 0 Å². The lowest BCUT2D eigenvalue weighted by Gasteiger charge is -2.11. The van der Waals surface area contributed by atoms with Crippen molar-refractivity contribution in [2.45, 2.75) is 0 Å². The summed E-state index contributed by atoms with van der Waals surface area (Å²) in [6.45, 7) is 4.01. The number of benzene rings is 2. The minimum atomic E-state index is -0.321. The molecular weight excluding hydrogens is 294 g/mol. The average molecular weight is 307 g/mol. The van der Waals surface area contributed by atoms with Crippen LogP contribution in [0, 0.1) is 11.3 Å². The topological polar surface area (TPSA) is 83.4 Å². The summed E-state index contributed by atoms with van der Waals surface area (Å²) >= 11 is 0. The summed E-state index contributed by atoms with van der Waals surface area (Å²) in [6.07, 6.45) is 0. The first-order valence-electron chi connectivity index (χ1n) is 6.83. The Morgan fingerprint density at radius 2 is 1.74 bits per heavy atom. The number of nitrogens with zero attached hydrogens (tertiary/aromatic N) is 1. The lowest BCUT2D eigenvalue weighted by Crippen LogP contribution is -2.35. The molecule has 1 amide bonds. The molecule has 0 radical (unpaired) electrons. The second kappa shape index (κ2) is 6.12. The van der Waals surface area contributed by atoms with Gasteiger partial charge in [0.25, 0.3) is 5.91 Å². The molecular formula is C17H13N3O3. The third kappa shape index (κ3) is 3.09. The van der Waals surface area contributed by atoms with Gasteiger partial charge in [0, 0.05) is 5.56 Å². The summed E-state index contributed by atoms with van der Waals surface area (Å²) in [7, 11) is 0. The van der Waals surface area contributed by atoms with Crippen molar-refractivity contribution in [3.8, 4) is 17.6 Å². The van der Waals surface area contributed by atoms with E-state index in [1.165, 1.54) is 0 Å². The molecule has 114 valence electrons. The van der Waals surface area contributed by atoms with Crippen LogP contribution in [-0.2, 0) is 0 Å². The van der Waals surface area contributed by atoms with Gasteiger partial charge in [-0.05, 0) is 35.9 Å². The maximum absolute atomic E-state index is 12.1. The highest BCUT2D eigenvalue weighted by Crippen LogP contribution is 2.32. The number of nitriles is 1. The zero-order chi connectivity index (χ0) is 16.2. The molecule has 6 heteroatoms. The molecule has 0 unspecified atom stereocenters. The van der Waals surface area contributed by atoms with Crippen molar-refractivity contribution in [2.75, 3.05) is 6.79 Å². The molecule has 6 nitrogen and oxygen atoms in total. The molecule has 0 fully saturated rings. The number of carbonyl (C=O) groups excluding carboxylic acids is 1. The highest BCUT2D eigenvalue weighted by atomic mass is 16.7. The van der Waals surface area contributed by atoms with E-state index in [4.69, 9.17) is 14.7 Å². The van der Waals surface area contributed by atoms with Crippen molar-refractivity contribution >= 4 is 11.6 Å². The zero-order valence-corrected chi connectivity index (χ0v) is 12.1. The fraction of sp³-hybridized carbons (Fsp3) is 0.0588. The Morgan fingerprint density at radius 3 is 2.48 bits per heavy atom. The maximum Gasteiger partial charge on any atom is 0.269 e. The number of amides is 1. The SMILES string of the molecule is C=C(NNC(=O)c1ccc2c(c1)OCO2)c1ccc(C#N)cc1. The molecule has 0 saturated carbocycles. The predicted octanol–water partition coefficient (Wildman–Crippen LogP) is 2.19. The van der Waals surface area contributed by atoms with Crippen LogP contribution in [0.3, 0.4) is 0 Å². The number of ether oxygens (including phenoxy) is 2. The van der Waals surface area contributed by atoms with Gasteiger partial charge in [-0.1, -0.05) is 18.7 Å². The van der Waals surface area contributed by atoms with Crippen LogP contribution in [0.25, 0.3) is 5.70 Å². The Labute approximate surface area is 132 Å². The second-order valence-electron chi connectivity index (χ2n) is 4.81. The molecule has 1 aliphatic rings. The highest BCUT2D eigenvalue weighted by Gasteiger charge is 2.16. The summed E-state index contributed by atoms with van der Waals surface area (Å²) in [6, 6.07) is 13.9. The van der Waals surface area contributed by atoms with Crippen LogP contribution in [0.5, 0.6) is 11.5 Å². The molecule has 0 saturated heterocycles. The van der Waals surface area contributed by atoms with Crippen LogP contribution in [0.1, 0.15) is 21.5 Å². The normalized spacial score (nSPS) is 11.4. The molecule has 2 aromatic carbocycles. The van der Waals surface area contributed by atoms with Gasteiger partial charge in [0.1, 0.15) is 0 Å². The van der Waals surface area contributed by atoms with Gasteiger partial charge in [-0.2, -0.15) is 5.26 Å². The van der Waals surface area contributed by atoms with E-state index in [1.807, 2.05) is 6.07 Å². The monoisotopic (exact) mass is 307 g/mol. The third-order valence-corrected chi connectivity index (χ3v) is 3.32. The van der Waals surface area contributed by atoms with Gasteiger partial charge in [-0.25, -0.2) is 0 Å². The van der Waals surface area contributed by atoms with Crippen molar-refractivity contribution in [2.24, 2.45) is 0 Å². The van der Waals surface area contributed by atoms with Crippen LogP contribution in [0.15, 0.2) is 49.0 Å². The van der Waals surface area contributed by atoms with E-state index < -0.39 is 0 Å². The Kier molecular flexibility index (Phi) is 3.85. The van der Waals surface area contributed by atoms with Gasteiger partial charge in [-0.3, -0.25) is 15.6 Å². The van der Waals surface area contributed by atoms with E-state index in [0.29, 0.717) is 28.3 Å². The van der Waals surface area contributed by atoms with Gasteiger partial charge in [-0.15, -0.1) is 0 Å². The molecule has 1 heterocycles. The van der Waals surface area contributed by atoms with E-state index in [0.717, 1.165) is 5.56 Å². The van der Waals surface area contributed by atoms with Crippen molar-refractivity contribution < 1.29 is 14.3 Å². The quantitative estimate of drug-likeness (QED) is 0.846. The van der Waals surface area contributed by atoms with Crippen molar-refractivity contribution in [1.82, 2.24) is 10.9 Å². The number of nitrogens with one attached hydrogen (secondary N) is 2. The van der Waals surface area contributed by atoms with Crippen LogP contribution in [-0.4, -0.2) is 12.7 Å². The van der Waals surface area contributed by atoms with Gasteiger partial charge in [0.2, 0.25) is 6.79 Å². The molecule has 0 bridgehead atoms. The lowest BCUT2D eigenvalue weighted by molar-refractivity contribution is 0.0942. The molecule has 0 aromatic heterocycles. The van der Waals surface area contributed by atoms with Gasteiger partial charge < -0.3 is 9.47 Å². The number of hydrazine groups is 1. The molecule has 23 heavy (non-hydrogen) atoms. The minimum Gasteiger partial charge on any atom is -0.454 e. The number of rotatable bonds is 4. The Bertz CT molecular complexity index is 807. The predicted molar refractivity (Wildman–Crippen MR) is 83.4 cm³/mol. The number of fused-ring (bicyclic) bond motifs is 1. The highest BCUT2D eigenvalue weighted by molar-refractivity contribution is 5.95. The molecule has 2 N–H and O–H groups in total. The van der Waals surface area contributed by atoms with E-state index in [-0.39, 0.29) is 12.7 Å². The van der Waals surface area contributed by atoms with E-state index in [1.54, 1.807) is 42.5 Å². The summed E-state index contributed by atoms with van der Waals surface area (Å²) in [5, 5.41) is 8.77. The van der Waals surface area contributed by atoms with Crippen LogP contribution in [0.2, 0.25) is 0 Å². The Balaban J connectivity index is 1.62. The Morgan fingerprint density at radius 1 is 1.04 bits per heavy atom. The van der Waals surface area contributed by atoms with Crippen molar-refractivity contribution in [1.29, 1.82) is 5.26 Å². The molecule has 3 rings (SSSR count). The Hall–Kier alpha value is -3.46. The first-order chi connectivity index (χ1) is 11.2. The molecule has 0 atom stereocenters. The summed E-state index contributed by atoms with van der Waals surface area (Å²) in [4.78, 5) is 12.1. The zero-order valence-electron chi connectivity index (χ0n) is 12.1. The average Bonchev–Trinajstić information content (AvgIpc) is 3.07. The molecule has 0 aliphatic carbocycles. The summed E-state index contributed by atoms with van der Waals surface area (Å²) < 4.78 is 10.4. The van der Waals surface area contributed by atoms with Crippen LogP contribution >= 0.6 is 0 Å². The van der Waals surface area contributed by atoms with Crippen LogP contribution in [0.4, 0.5) is 0 Å². The molecule has 2 aromatic rings. The van der Waals surface area contributed by atoms with E-state index in [2.05, 4.69) is 17.4 Å². The van der Waals surface area contributed by atoms with E-state index in [9.17, 15) is 4.79 Å². The summed E-state index contributed by atoms with van der Waals surface area (Å²) in [5.41, 5.74) is 7.61. The van der Waals surface area contributed by atoms with Gasteiger partial charge >= 0.3 is 0 Å². The van der Waals surface area contributed by atoms with Crippen molar-refractivity contribution in [3.63, 3.8) is 0 Å². The van der Waals surface area contributed by atoms with Gasteiger partial charge in [0.05, 0.1) is 17.3 Å². The number of hydrogen-bond acceptors (Lipinski definition) is 5. The molecule has 0 spiro atoms. The number of hydrogen-bond donors (Lipinski definition) is 2. The smallest absolute Gasteiger partial charge is 0.269 e. The third-order valence-electron chi connectivity index (χ3n) is 3.32. The van der Waals surface area contributed by atoms with Crippen LogP contribution < -0.4 is 20.3 Å². The fourth-order valence-corrected chi connectivity index (χ4v) is 2.06. The summed E-state index contributed by atoms with van der Waals surface area (Å²) in [5.74, 6) is 0.846. The standard InChI is InChI=1S/C17H13N3O3/c1-11(13-4-2-12(9-18)3-5-13)19-20-17(21)14-6-7-15-16(8-14)23-10-22-15/h2-8,19H,1,10H2,(H,20,21). The first-order valence-corrected chi connectivity index (χ1v) is 6.83. The van der Waals surface area contributed by atoms with Gasteiger partial charge in [0.15, 0.2) is 11.5 Å². The largest absolute Gasteiger partial charge is 0.454 e. The van der Waals surface area contributed by atoms with Crippen molar-refractivity contribution in [3.05, 3.63) is 65.7 Å².